The zero-order valence-corrected chi connectivity index (χ0v) is 21.1. The summed E-state index contributed by atoms with van der Waals surface area (Å²) in [5.41, 5.74) is 4.05. The van der Waals surface area contributed by atoms with E-state index in [-0.39, 0.29) is 5.91 Å². The Kier molecular flexibility index (Phi) is 7.47. The van der Waals surface area contributed by atoms with E-state index in [0.29, 0.717) is 32.5 Å². The summed E-state index contributed by atoms with van der Waals surface area (Å²) < 4.78 is 11.4. The normalized spacial score (nSPS) is 13.9. The number of piperazine rings is 1. The first-order chi connectivity index (χ1) is 16.4. The molecule has 0 unspecified atom stereocenters. The maximum Gasteiger partial charge on any atom is 0.222 e. The summed E-state index contributed by atoms with van der Waals surface area (Å²) in [6.45, 7) is 9.46. The number of hydrogen-bond donors (Lipinski definition) is 0. The van der Waals surface area contributed by atoms with E-state index in [1.165, 1.54) is 5.56 Å². The molecule has 1 saturated heterocycles. The summed E-state index contributed by atoms with van der Waals surface area (Å²) in [6.07, 6.45) is 1.17. The van der Waals surface area contributed by atoms with Gasteiger partial charge >= 0.3 is 0 Å². The molecule has 1 aromatic heterocycles. The molecule has 0 aliphatic carbocycles. The van der Waals surface area contributed by atoms with Crippen LogP contribution in [0.4, 0.5) is 5.82 Å². The van der Waals surface area contributed by atoms with Gasteiger partial charge in [0.25, 0.3) is 0 Å². The standard InChI is InChI=1S/C27H32ClN3O3/c1-18-17-24(29-27-22(18)7-5-8-23(27)33-4)30-10-12-31(13-11-30)25(32)9-6-14-34-21-15-19(2)26(28)20(3)16-21/h5,7-8,15-17H,6,9-14H2,1-4H3. The third-order valence-corrected chi connectivity index (χ3v) is 6.98. The molecule has 34 heavy (non-hydrogen) atoms. The van der Waals surface area contributed by atoms with Crippen LogP contribution in [0.2, 0.25) is 5.02 Å². The van der Waals surface area contributed by atoms with Gasteiger partial charge in [0, 0.05) is 43.0 Å². The highest BCUT2D eigenvalue weighted by molar-refractivity contribution is 6.32. The maximum atomic E-state index is 12.7. The molecule has 2 heterocycles. The number of aryl methyl sites for hydroxylation is 3. The highest BCUT2D eigenvalue weighted by Crippen LogP contribution is 2.30. The van der Waals surface area contributed by atoms with E-state index >= 15 is 0 Å². The summed E-state index contributed by atoms with van der Waals surface area (Å²) in [7, 11) is 1.67. The van der Waals surface area contributed by atoms with Crippen molar-refractivity contribution in [3.05, 3.63) is 58.1 Å². The minimum absolute atomic E-state index is 0.177. The van der Waals surface area contributed by atoms with E-state index in [9.17, 15) is 4.79 Å². The second-order valence-electron chi connectivity index (χ2n) is 8.84. The molecule has 0 saturated carbocycles. The average molecular weight is 482 g/mol. The van der Waals surface area contributed by atoms with Crippen molar-refractivity contribution in [3.63, 3.8) is 0 Å². The van der Waals surface area contributed by atoms with Gasteiger partial charge in [0.2, 0.25) is 5.91 Å². The molecule has 1 aliphatic rings. The van der Waals surface area contributed by atoms with Crippen LogP contribution in [0.5, 0.6) is 11.5 Å². The summed E-state index contributed by atoms with van der Waals surface area (Å²) >= 11 is 6.22. The molecule has 1 aliphatic heterocycles. The lowest BCUT2D eigenvalue weighted by Gasteiger charge is -2.35. The molecule has 1 fully saturated rings. The van der Waals surface area contributed by atoms with E-state index in [1.807, 2.05) is 43.0 Å². The molecule has 0 radical (unpaired) electrons. The predicted octanol–water partition coefficient (Wildman–Crippen LogP) is 5.33. The first-order valence-corrected chi connectivity index (χ1v) is 12.1. The molecule has 1 amide bonds. The number of hydrogen-bond acceptors (Lipinski definition) is 5. The van der Waals surface area contributed by atoms with Crippen LogP contribution in [0.15, 0.2) is 36.4 Å². The lowest BCUT2D eigenvalue weighted by molar-refractivity contribution is -0.131. The first kappa shape index (κ1) is 24.1. The molecule has 6 nitrogen and oxygen atoms in total. The number of benzene rings is 2. The number of pyridine rings is 1. The van der Waals surface area contributed by atoms with Gasteiger partial charge in [-0.25, -0.2) is 4.98 Å². The van der Waals surface area contributed by atoms with Crippen molar-refractivity contribution in [2.75, 3.05) is 44.8 Å². The summed E-state index contributed by atoms with van der Waals surface area (Å²) in [6, 6.07) is 12.0. The van der Waals surface area contributed by atoms with Crippen molar-refractivity contribution in [3.8, 4) is 11.5 Å². The van der Waals surface area contributed by atoms with Crippen LogP contribution in [-0.2, 0) is 4.79 Å². The maximum absolute atomic E-state index is 12.7. The Bertz CT molecular complexity index is 1170. The largest absolute Gasteiger partial charge is 0.494 e. The van der Waals surface area contributed by atoms with Gasteiger partial charge in [-0.3, -0.25) is 4.79 Å². The summed E-state index contributed by atoms with van der Waals surface area (Å²) in [5, 5.41) is 1.87. The van der Waals surface area contributed by atoms with Crippen LogP contribution in [0.1, 0.15) is 29.5 Å². The smallest absolute Gasteiger partial charge is 0.222 e. The molecule has 7 heteroatoms. The van der Waals surface area contributed by atoms with Gasteiger partial charge in [-0.1, -0.05) is 23.7 Å². The Morgan fingerprint density at radius 2 is 1.74 bits per heavy atom. The zero-order valence-electron chi connectivity index (χ0n) is 20.4. The molecule has 4 rings (SSSR count). The number of ether oxygens (including phenoxy) is 2. The average Bonchev–Trinajstić information content (AvgIpc) is 2.84. The van der Waals surface area contributed by atoms with Crippen LogP contribution >= 0.6 is 11.6 Å². The van der Waals surface area contributed by atoms with E-state index in [1.54, 1.807) is 7.11 Å². The molecule has 0 N–H and O–H groups in total. The van der Waals surface area contributed by atoms with Crippen LogP contribution in [-0.4, -0.2) is 55.7 Å². The van der Waals surface area contributed by atoms with E-state index in [4.69, 9.17) is 26.1 Å². The SMILES string of the molecule is COc1cccc2c(C)cc(N3CCN(C(=O)CCCOc4cc(C)c(Cl)c(C)c4)CC3)nc12. The molecular formula is C27H32ClN3O3. The number of carbonyl (C=O) groups is 1. The second kappa shape index (κ2) is 10.5. The zero-order chi connectivity index (χ0) is 24.2. The van der Waals surface area contributed by atoms with Crippen LogP contribution < -0.4 is 14.4 Å². The van der Waals surface area contributed by atoms with Gasteiger partial charge < -0.3 is 19.3 Å². The third kappa shape index (κ3) is 5.22. The van der Waals surface area contributed by atoms with E-state index in [0.717, 1.165) is 57.5 Å². The quantitative estimate of drug-likeness (QED) is 0.427. The van der Waals surface area contributed by atoms with Gasteiger partial charge in [0.05, 0.1) is 13.7 Å². The number of amides is 1. The lowest BCUT2D eigenvalue weighted by Crippen LogP contribution is -2.49. The van der Waals surface area contributed by atoms with Crippen LogP contribution in [0.25, 0.3) is 10.9 Å². The van der Waals surface area contributed by atoms with Gasteiger partial charge in [-0.05, 0) is 68.1 Å². The van der Waals surface area contributed by atoms with Gasteiger partial charge in [-0.2, -0.15) is 0 Å². The minimum Gasteiger partial charge on any atom is -0.494 e. The number of nitrogens with zero attached hydrogens (tertiary/aromatic N) is 3. The van der Waals surface area contributed by atoms with Crippen LogP contribution in [0, 0.1) is 20.8 Å². The molecule has 0 spiro atoms. The Balaban J connectivity index is 1.29. The van der Waals surface area contributed by atoms with Crippen molar-refractivity contribution < 1.29 is 14.3 Å². The van der Waals surface area contributed by atoms with Gasteiger partial charge in [0.15, 0.2) is 0 Å². The fourth-order valence-electron chi connectivity index (χ4n) is 4.45. The summed E-state index contributed by atoms with van der Waals surface area (Å²) in [5.74, 6) is 2.69. The highest BCUT2D eigenvalue weighted by atomic mass is 35.5. The van der Waals surface area contributed by atoms with Crippen molar-refractivity contribution in [1.82, 2.24) is 9.88 Å². The first-order valence-electron chi connectivity index (χ1n) is 11.7. The Hall–Kier alpha value is -2.99. The fraction of sp³-hybridized carbons (Fsp3) is 0.407. The number of rotatable bonds is 7. The van der Waals surface area contributed by atoms with Crippen molar-refractivity contribution in [1.29, 1.82) is 0 Å². The molecule has 2 aromatic carbocycles. The molecule has 3 aromatic rings. The summed E-state index contributed by atoms with van der Waals surface area (Å²) in [4.78, 5) is 21.8. The van der Waals surface area contributed by atoms with Gasteiger partial charge in [0.1, 0.15) is 22.8 Å². The van der Waals surface area contributed by atoms with Crippen LogP contribution in [0.3, 0.4) is 0 Å². The Morgan fingerprint density at radius 1 is 1.03 bits per heavy atom. The predicted molar refractivity (Wildman–Crippen MR) is 137 cm³/mol. The topological polar surface area (TPSA) is 54.9 Å². The molecule has 0 bridgehead atoms. The fourth-order valence-corrected chi connectivity index (χ4v) is 4.56. The van der Waals surface area contributed by atoms with Crippen molar-refractivity contribution in [2.24, 2.45) is 0 Å². The van der Waals surface area contributed by atoms with E-state index in [2.05, 4.69) is 24.0 Å². The minimum atomic E-state index is 0.177. The number of methoxy groups -OCH3 is 1. The van der Waals surface area contributed by atoms with Gasteiger partial charge in [-0.15, -0.1) is 0 Å². The third-order valence-electron chi connectivity index (χ3n) is 6.39. The Morgan fingerprint density at radius 3 is 2.41 bits per heavy atom. The second-order valence-corrected chi connectivity index (χ2v) is 9.22. The number of carbonyl (C=O) groups excluding carboxylic acids is 1. The monoisotopic (exact) mass is 481 g/mol. The molecule has 180 valence electrons. The number of halogens is 1. The Labute approximate surface area is 206 Å². The van der Waals surface area contributed by atoms with Crippen molar-refractivity contribution >= 4 is 34.2 Å². The number of para-hydroxylation sites is 1. The lowest BCUT2D eigenvalue weighted by atomic mass is 10.1. The highest BCUT2D eigenvalue weighted by Gasteiger charge is 2.22. The number of aromatic nitrogens is 1. The number of fused-ring (bicyclic) bond motifs is 1. The molecular weight excluding hydrogens is 450 g/mol. The number of anilines is 1. The van der Waals surface area contributed by atoms with E-state index < -0.39 is 0 Å². The van der Waals surface area contributed by atoms with Crippen molar-refractivity contribution in [2.45, 2.75) is 33.6 Å². The molecule has 0 atom stereocenters.